The van der Waals surface area contributed by atoms with Gasteiger partial charge in [0.15, 0.2) is 0 Å². The number of benzene rings is 3. The molecule has 0 aliphatic carbocycles. The van der Waals surface area contributed by atoms with Crippen molar-refractivity contribution in [3.63, 3.8) is 0 Å². The molecule has 3 aromatic carbocycles. The number of oxime groups is 1. The summed E-state index contributed by atoms with van der Waals surface area (Å²) in [7, 11) is 2.89. The van der Waals surface area contributed by atoms with Crippen molar-refractivity contribution >= 4 is 11.7 Å². The highest BCUT2D eigenvalue weighted by molar-refractivity contribution is 6.01. The lowest BCUT2D eigenvalue weighted by atomic mass is 10.0. The second-order valence-electron chi connectivity index (χ2n) is 8.08. The van der Waals surface area contributed by atoms with Crippen molar-refractivity contribution in [1.29, 1.82) is 0 Å². The molecule has 0 saturated heterocycles. The van der Waals surface area contributed by atoms with Crippen LogP contribution in [0.15, 0.2) is 94.8 Å². The summed E-state index contributed by atoms with van der Waals surface area (Å²) in [5.41, 5.74) is 5.15. The highest BCUT2D eigenvalue weighted by Crippen LogP contribution is 2.26. The van der Waals surface area contributed by atoms with E-state index in [2.05, 4.69) is 10.3 Å². The average molecular weight is 501 g/mol. The summed E-state index contributed by atoms with van der Waals surface area (Å²) in [6.07, 6.45) is 2.27. The maximum atomic E-state index is 11.4. The van der Waals surface area contributed by atoms with E-state index in [4.69, 9.17) is 23.6 Å². The van der Waals surface area contributed by atoms with Gasteiger partial charge in [0, 0.05) is 17.5 Å². The molecule has 0 bridgehead atoms. The van der Waals surface area contributed by atoms with E-state index in [1.807, 2.05) is 78.9 Å². The first kappa shape index (κ1) is 25.5. The highest BCUT2D eigenvalue weighted by atomic mass is 16.6. The molecule has 8 nitrogen and oxygen atoms in total. The number of hydrogen-bond acceptors (Lipinski definition) is 8. The first-order chi connectivity index (χ1) is 18.2. The SMILES string of the molecule is CO/N=C(\COc1ccc(COc2ccc(-c3conc3CCC(=O)OC)cc2)cc1)c1ccccc1. The molecule has 0 atom stereocenters. The molecule has 0 N–H and O–H groups in total. The van der Waals surface area contributed by atoms with Gasteiger partial charge in [0.05, 0.1) is 19.2 Å². The van der Waals surface area contributed by atoms with Crippen LogP contribution in [-0.4, -0.2) is 37.7 Å². The van der Waals surface area contributed by atoms with Crippen molar-refractivity contribution in [3.8, 4) is 22.6 Å². The average Bonchev–Trinajstić information content (AvgIpc) is 3.43. The van der Waals surface area contributed by atoms with Gasteiger partial charge in [-0.05, 0) is 35.4 Å². The van der Waals surface area contributed by atoms with Gasteiger partial charge < -0.3 is 23.6 Å². The van der Waals surface area contributed by atoms with Crippen LogP contribution >= 0.6 is 0 Å². The first-order valence-electron chi connectivity index (χ1n) is 11.8. The van der Waals surface area contributed by atoms with E-state index in [1.165, 1.54) is 14.2 Å². The Morgan fingerprint density at radius 2 is 1.59 bits per heavy atom. The molecular weight excluding hydrogens is 472 g/mol. The van der Waals surface area contributed by atoms with E-state index < -0.39 is 0 Å². The van der Waals surface area contributed by atoms with E-state index in [-0.39, 0.29) is 19.0 Å². The predicted molar refractivity (Wildman–Crippen MR) is 139 cm³/mol. The van der Waals surface area contributed by atoms with Gasteiger partial charge in [-0.2, -0.15) is 0 Å². The Morgan fingerprint density at radius 1 is 0.892 bits per heavy atom. The number of rotatable bonds is 12. The van der Waals surface area contributed by atoms with Gasteiger partial charge in [-0.15, -0.1) is 0 Å². The van der Waals surface area contributed by atoms with E-state index in [0.29, 0.717) is 24.4 Å². The largest absolute Gasteiger partial charge is 0.489 e. The van der Waals surface area contributed by atoms with E-state index >= 15 is 0 Å². The third-order valence-corrected chi connectivity index (χ3v) is 5.62. The normalized spacial score (nSPS) is 11.1. The zero-order valence-electron chi connectivity index (χ0n) is 20.8. The Morgan fingerprint density at radius 3 is 2.30 bits per heavy atom. The summed E-state index contributed by atoms with van der Waals surface area (Å²) in [6.45, 7) is 0.703. The lowest BCUT2D eigenvalue weighted by molar-refractivity contribution is -0.140. The first-order valence-corrected chi connectivity index (χ1v) is 11.8. The second-order valence-corrected chi connectivity index (χ2v) is 8.08. The molecule has 37 heavy (non-hydrogen) atoms. The summed E-state index contributed by atoms with van der Waals surface area (Å²) in [5, 5.41) is 8.10. The van der Waals surface area contributed by atoms with Crippen LogP contribution in [0.25, 0.3) is 11.1 Å². The van der Waals surface area contributed by atoms with E-state index in [1.54, 1.807) is 6.26 Å². The van der Waals surface area contributed by atoms with E-state index in [9.17, 15) is 4.79 Å². The molecule has 1 heterocycles. The molecular formula is C29H28N2O6. The summed E-state index contributed by atoms with van der Waals surface area (Å²) in [6, 6.07) is 25.2. The highest BCUT2D eigenvalue weighted by Gasteiger charge is 2.12. The number of carbonyl (C=O) groups is 1. The Balaban J connectivity index is 1.29. The van der Waals surface area contributed by atoms with Crippen molar-refractivity contribution in [2.45, 2.75) is 19.4 Å². The third kappa shape index (κ3) is 7.20. The summed E-state index contributed by atoms with van der Waals surface area (Å²) in [5.74, 6) is 1.18. The topological polar surface area (TPSA) is 92.4 Å². The maximum Gasteiger partial charge on any atom is 0.305 e. The minimum absolute atomic E-state index is 0.246. The van der Waals surface area contributed by atoms with Crippen LogP contribution in [0.3, 0.4) is 0 Å². The van der Waals surface area contributed by atoms with Gasteiger partial charge in [-0.25, -0.2) is 0 Å². The van der Waals surface area contributed by atoms with Gasteiger partial charge in [0.1, 0.15) is 43.8 Å². The van der Waals surface area contributed by atoms with Crippen LogP contribution < -0.4 is 9.47 Å². The van der Waals surface area contributed by atoms with Gasteiger partial charge in [0.25, 0.3) is 0 Å². The Kier molecular flexibility index (Phi) is 8.91. The number of aromatic nitrogens is 1. The van der Waals surface area contributed by atoms with Crippen LogP contribution in [0.5, 0.6) is 11.5 Å². The standard InChI is InChI=1S/C29H28N2O6/c1-33-29(32)17-16-27-26(19-37-31-27)22-10-14-25(15-11-22)35-18-21-8-12-24(13-9-21)36-20-28(30-34-2)23-6-4-3-5-7-23/h3-15,19H,16-18,20H2,1-2H3/b30-28+. The zero-order valence-corrected chi connectivity index (χ0v) is 20.8. The van der Waals surface area contributed by atoms with Crippen LogP contribution in [0, 0.1) is 0 Å². The molecule has 1 aromatic heterocycles. The van der Waals surface area contributed by atoms with Crippen LogP contribution in [0.1, 0.15) is 23.2 Å². The summed E-state index contributed by atoms with van der Waals surface area (Å²) >= 11 is 0. The van der Waals surface area contributed by atoms with Crippen molar-refractivity contribution in [2.75, 3.05) is 20.8 Å². The van der Waals surface area contributed by atoms with Crippen LogP contribution in [-0.2, 0) is 27.4 Å². The molecule has 4 rings (SSSR count). The van der Waals surface area contributed by atoms with Gasteiger partial charge in [-0.3, -0.25) is 4.79 Å². The molecule has 0 radical (unpaired) electrons. The molecule has 0 aliphatic heterocycles. The molecule has 4 aromatic rings. The van der Waals surface area contributed by atoms with Crippen LogP contribution in [0.4, 0.5) is 0 Å². The van der Waals surface area contributed by atoms with Crippen molar-refractivity contribution in [3.05, 3.63) is 102 Å². The molecule has 0 aliphatic rings. The number of esters is 1. The Labute approximate surface area is 215 Å². The molecule has 0 amide bonds. The molecule has 0 saturated carbocycles. The van der Waals surface area contributed by atoms with Gasteiger partial charge in [0.2, 0.25) is 0 Å². The van der Waals surface area contributed by atoms with Gasteiger partial charge >= 0.3 is 5.97 Å². The van der Waals surface area contributed by atoms with Crippen molar-refractivity contribution in [1.82, 2.24) is 5.16 Å². The molecule has 190 valence electrons. The number of ether oxygens (including phenoxy) is 3. The number of aryl methyl sites for hydroxylation is 1. The fraction of sp³-hybridized carbons (Fsp3) is 0.207. The number of nitrogens with zero attached hydrogens (tertiary/aromatic N) is 2. The fourth-order valence-corrected chi connectivity index (χ4v) is 3.63. The van der Waals surface area contributed by atoms with Gasteiger partial charge in [-0.1, -0.05) is 64.9 Å². The Bertz CT molecular complexity index is 1300. The van der Waals surface area contributed by atoms with Crippen molar-refractivity contribution in [2.24, 2.45) is 5.16 Å². The Hall–Kier alpha value is -4.59. The number of carbonyl (C=O) groups excluding carboxylic acids is 1. The number of methoxy groups -OCH3 is 1. The monoisotopic (exact) mass is 500 g/mol. The summed E-state index contributed by atoms with van der Waals surface area (Å²) < 4.78 is 21.7. The zero-order chi connectivity index (χ0) is 25.9. The molecule has 0 fully saturated rings. The summed E-state index contributed by atoms with van der Waals surface area (Å²) in [4.78, 5) is 16.4. The minimum Gasteiger partial charge on any atom is -0.489 e. The lowest BCUT2D eigenvalue weighted by Crippen LogP contribution is -2.13. The molecule has 0 spiro atoms. The predicted octanol–water partition coefficient (Wildman–Crippen LogP) is 5.46. The second kappa shape index (κ2) is 12.9. The van der Waals surface area contributed by atoms with Crippen LogP contribution in [0.2, 0.25) is 0 Å². The molecule has 8 heteroatoms. The quantitative estimate of drug-likeness (QED) is 0.145. The van der Waals surface area contributed by atoms with Crippen molar-refractivity contribution < 1.29 is 28.4 Å². The maximum absolute atomic E-state index is 11.4. The lowest BCUT2D eigenvalue weighted by Gasteiger charge is -2.10. The molecule has 0 unspecified atom stereocenters. The smallest absolute Gasteiger partial charge is 0.305 e. The minimum atomic E-state index is -0.283. The van der Waals surface area contributed by atoms with E-state index in [0.717, 1.165) is 33.8 Å². The fourth-order valence-electron chi connectivity index (χ4n) is 3.63. The third-order valence-electron chi connectivity index (χ3n) is 5.62. The number of hydrogen-bond donors (Lipinski definition) is 0.